The van der Waals surface area contributed by atoms with Gasteiger partial charge in [0.2, 0.25) is 5.91 Å². The normalized spacial score (nSPS) is 11.3. The molecule has 0 bridgehead atoms. The minimum Gasteiger partial charge on any atom is -0.496 e. The predicted octanol–water partition coefficient (Wildman–Crippen LogP) is 4.88. The fourth-order valence-electron chi connectivity index (χ4n) is 2.84. The van der Waals surface area contributed by atoms with Crippen molar-refractivity contribution in [3.63, 3.8) is 0 Å². The molecule has 154 valence electrons. The highest BCUT2D eigenvalue weighted by Crippen LogP contribution is 2.22. The molecule has 0 aliphatic heterocycles. The molecule has 2 amide bonds. The molecule has 0 saturated carbocycles. The summed E-state index contributed by atoms with van der Waals surface area (Å²) in [5.41, 5.74) is 4.88. The summed E-state index contributed by atoms with van der Waals surface area (Å²) in [6.07, 6.45) is 1.59. The van der Waals surface area contributed by atoms with Crippen molar-refractivity contribution in [1.29, 1.82) is 0 Å². The number of rotatable bonds is 8. The van der Waals surface area contributed by atoms with Crippen LogP contribution in [0.5, 0.6) is 5.75 Å². The Kier molecular flexibility index (Phi) is 8.21. The molecule has 29 heavy (non-hydrogen) atoms. The molecule has 0 unspecified atom stereocenters. The van der Waals surface area contributed by atoms with E-state index in [0.717, 1.165) is 18.4 Å². The van der Waals surface area contributed by atoms with Crippen LogP contribution in [0.4, 0.5) is 5.69 Å². The smallest absolute Gasteiger partial charge is 0.275 e. The van der Waals surface area contributed by atoms with Crippen LogP contribution < -0.4 is 15.5 Å². The van der Waals surface area contributed by atoms with Gasteiger partial charge in [-0.1, -0.05) is 37.6 Å². The fourth-order valence-corrected chi connectivity index (χ4v) is 3.01. The first kappa shape index (κ1) is 22.4. The van der Waals surface area contributed by atoms with Crippen molar-refractivity contribution in [2.45, 2.75) is 33.6 Å². The molecule has 0 radical (unpaired) electrons. The van der Waals surface area contributed by atoms with Gasteiger partial charge in [0.05, 0.1) is 18.4 Å². The number of hydrogen-bond acceptors (Lipinski definition) is 4. The Balaban J connectivity index is 2.13. The second kappa shape index (κ2) is 10.6. The lowest BCUT2D eigenvalue weighted by molar-refractivity contribution is -0.120. The van der Waals surface area contributed by atoms with Crippen molar-refractivity contribution in [2.75, 3.05) is 12.4 Å². The number of nitrogens with one attached hydrogen (secondary N) is 2. The molecular weight excluding hydrogens is 390 g/mol. The standard InChI is InChI=1S/C22H26ClN3O3/c1-5-15(6-2)21(27)24-18-9-7-8-16(12-18)14(3)25-26-22(28)19-13-17(23)10-11-20(19)29-4/h7-13,15H,5-6H2,1-4H3,(H,24,27)(H,26,28)/b25-14-. The zero-order chi connectivity index (χ0) is 21.4. The molecule has 2 aromatic rings. The Morgan fingerprint density at radius 2 is 1.86 bits per heavy atom. The number of halogens is 1. The quantitative estimate of drug-likeness (QED) is 0.476. The summed E-state index contributed by atoms with van der Waals surface area (Å²) >= 11 is 5.97. The molecule has 0 aromatic heterocycles. The molecule has 0 spiro atoms. The predicted molar refractivity (Wildman–Crippen MR) is 117 cm³/mol. The molecule has 0 heterocycles. The van der Waals surface area contributed by atoms with E-state index in [-0.39, 0.29) is 11.8 Å². The molecule has 0 aliphatic carbocycles. The van der Waals surface area contributed by atoms with Gasteiger partial charge in [-0.2, -0.15) is 5.10 Å². The van der Waals surface area contributed by atoms with Gasteiger partial charge in [-0.25, -0.2) is 5.43 Å². The monoisotopic (exact) mass is 415 g/mol. The van der Waals surface area contributed by atoms with Crippen LogP contribution in [0.2, 0.25) is 5.02 Å². The van der Waals surface area contributed by atoms with E-state index in [2.05, 4.69) is 15.8 Å². The molecule has 0 atom stereocenters. The number of ether oxygens (including phenoxy) is 1. The summed E-state index contributed by atoms with van der Waals surface area (Å²) in [6, 6.07) is 12.1. The lowest BCUT2D eigenvalue weighted by atomic mass is 10.0. The second-order valence-corrected chi connectivity index (χ2v) is 7.00. The van der Waals surface area contributed by atoms with Gasteiger partial charge in [0.25, 0.3) is 5.91 Å². The van der Waals surface area contributed by atoms with Crippen molar-refractivity contribution in [1.82, 2.24) is 5.43 Å². The number of hydrogen-bond donors (Lipinski definition) is 2. The van der Waals surface area contributed by atoms with Crippen LogP contribution in [-0.4, -0.2) is 24.6 Å². The van der Waals surface area contributed by atoms with Crippen molar-refractivity contribution in [3.8, 4) is 5.75 Å². The van der Waals surface area contributed by atoms with E-state index in [1.54, 1.807) is 19.1 Å². The van der Waals surface area contributed by atoms with Crippen molar-refractivity contribution >= 4 is 34.8 Å². The van der Waals surface area contributed by atoms with E-state index < -0.39 is 5.91 Å². The van der Waals surface area contributed by atoms with Gasteiger partial charge < -0.3 is 10.1 Å². The van der Waals surface area contributed by atoms with Crippen LogP contribution >= 0.6 is 11.6 Å². The summed E-state index contributed by atoms with van der Waals surface area (Å²) in [7, 11) is 1.48. The highest BCUT2D eigenvalue weighted by atomic mass is 35.5. The van der Waals surface area contributed by atoms with Crippen LogP contribution in [0.3, 0.4) is 0 Å². The topological polar surface area (TPSA) is 79.8 Å². The number of amides is 2. The third-order valence-corrected chi connectivity index (χ3v) is 4.87. The highest BCUT2D eigenvalue weighted by Gasteiger charge is 2.15. The summed E-state index contributed by atoms with van der Waals surface area (Å²) in [5, 5.41) is 7.54. The lowest BCUT2D eigenvalue weighted by Crippen LogP contribution is -2.22. The van der Waals surface area contributed by atoms with E-state index in [1.807, 2.05) is 38.1 Å². The zero-order valence-electron chi connectivity index (χ0n) is 17.1. The average molecular weight is 416 g/mol. The molecule has 2 aromatic carbocycles. The largest absolute Gasteiger partial charge is 0.496 e. The SMILES string of the molecule is CCC(CC)C(=O)Nc1cccc(/C(C)=N\NC(=O)c2cc(Cl)ccc2OC)c1. The summed E-state index contributed by atoms with van der Waals surface area (Å²) in [5.74, 6) is -0.0313. The molecule has 6 nitrogen and oxygen atoms in total. The maximum absolute atomic E-state index is 12.5. The van der Waals surface area contributed by atoms with E-state index in [4.69, 9.17) is 16.3 Å². The van der Waals surface area contributed by atoms with E-state index in [9.17, 15) is 9.59 Å². The first-order chi connectivity index (χ1) is 13.9. The van der Waals surface area contributed by atoms with Gasteiger partial charge in [-0.05, 0) is 55.7 Å². The maximum Gasteiger partial charge on any atom is 0.275 e. The van der Waals surface area contributed by atoms with Crippen molar-refractivity contribution < 1.29 is 14.3 Å². The van der Waals surface area contributed by atoms with Crippen molar-refractivity contribution in [2.24, 2.45) is 11.0 Å². The maximum atomic E-state index is 12.5. The Morgan fingerprint density at radius 3 is 2.52 bits per heavy atom. The molecule has 2 N–H and O–H groups in total. The van der Waals surface area contributed by atoms with Crippen LogP contribution in [0, 0.1) is 5.92 Å². The second-order valence-electron chi connectivity index (χ2n) is 6.57. The third-order valence-electron chi connectivity index (χ3n) is 4.64. The van der Waals surface area contributed by atoms with Crippen LogP contribution in [0.1, 0.15) is 49.5 Å². The minimum atomic E-state index is -0.429. The van der Waals surface area contributed by atoms with E-state index >= 15 is 0 Å². The van der Waals surface area contributed by atoms with Gasteiger partial charge in [-0.15, -0.1) is 0 Å². The number of anilines is 1. The van der Waals surface area contributed by atoms with Gasteiger partial charge in [0, 0.05) is 16.6 Å². The number of carbonyl (C=O) groups is 2. The number of benzene rings is 2. The Bertz CT molecular complexity index is 908. The Morgan fingerprint density at radius 1 is 1.14 bits per heavy atom. The molecule has 7 heteroatoms. The fraction of sp³-hybridized carbons (Fsp3) is 0.318. The minimum absolute atomic E-state index is 0.00287. The number of carbonyl (C=O) groups excluding carboxylic acids is 2. The van der Waals surface area contributed by atoms with Gasteiger partial charge in [-0.3, -0.25) is 9.59 Å². The molecule has 0 saturated heterocycles. The first-order valence-corrected chi connectivity index (χ1v) is 9.86. The highest BCUT2D eigenvalue weighted by molar-refractivity contribution is 6.31. The number of hydrazone groups is 1. The molecule has 0 fully saturated rings. The van der Waals surface area contributed by atoms with E-state index in [0.29, 0.717) is 27.7 Å². The summed E-state index contributed by atoms with van der Waals surface area (Å²) in [6.45, 7) is 5.77. The van der Waals surface area contributed by atoms with Gasteiger partial charge in [0.15, 0.2) is 0 Å². The third kappa shape index (κ3) is 6.06. The van der Waals surface area contributed by atoms with Gasteiger partial charge in [0.1, 0.15) is 5.75 Å². The summed E-state index contributed by atoms with van der Waals surface area (Å²) < 4.78 is 5.20. The average Bonchev–Trinajstić information content (AvgIpc) is 2.72. The van der Waals surface area contributed by atoms with E-state index in [1.165, 1.54) is 13.2 Å². The van der Waals surface area contributed by atoms with Crippen LogP contribution in [0.25, 0.3) is 0 Å². The molecular formula is C22H26ClN3O3. The lowest BCUT2D eigenvalue weighted by Gasteiger charge is -2.13. The van der Waals surface area contributed by atoms with Crippen LogP contribution in [-0.2, 0) is 4.79 Å². The van der Waals surface area contributed by atoms with Crippen molar-refractivity contribution in [3.05, 3.63) is 58.6 Å². The Labute approximate surface area is 176 Å². The molecule has 2 rings (SSSR count). The first-order valence-electron chi connectivity index (χ1n) is 9.49. The number of methoxy groups -OCH3 is 1. The van der Waals surface area contributed by atoms with Gasteiger partial charge >= 0.3 is 0 Å². The summed E-state index contributed by atoms with van der Waals surface area (Å²) in [4.78, 5) is 24.7. The number of nitrogens with zero attached hydrogens (tertiary/aromatic N) is 1. The Hall–Kier alpha value is -2.86. The molecule has 0 aliphatic rings. The van der Waals surface area contributed by atoms with Crippen LogP contribution in [0.15, 0.2) is 47.6 Å². The zero-order valence-corrected chi connectivity index (χ0v) is 17.8.